The topological polar surface area (TPSA) is 86.9 Å². The molecule has 7 heteroatoms. The van der Waals surface area contributed by atoms with Gasteiger partial charge in [-0.1, -0.05) is 36.4 Å². The minimum absolute atomic E-state index is 0.112. The number of likely N-dealkylation sites (tertiary alicyclic amines) is 1. The lowest BCUT2D eigenvalue weighted by Crippen LogP contribution is -2.42. The fourth-order valence-corrected chi connectivity index (χ4v) is 4.78. The molecule has 7 nitrogen and oxygen atoms in total. The summed E-state index contributed by atoms with van der Waals surface area (Å²) in [5.41, 5.74) is 8.05. The Bertz CT molecular complexity index is 931. The quantitative estimate of drug-likeness (QED) is 0.539. The number of amides is 1. The molecule has 2 aliphatic rings. The Balaban J connectivity index is 1.48. The van der Waals surface area contributed by atoms with Crippen molar-refractivity contribution in [1.82, 2.24) is 15.2 Å². The molecule has 32 heavy (non-hydrogen) atoms. The number of nitrogens with two attached hydrogens (primary N) is 1. The zero-order chi connectivity index (χ0) is 22.3. The van der Waals surface area contributed by atoms with Gasteiger partial charge in [-0.05, 0) is 37.8 Å². The zero-order valence-electron chi connectivity index (χ0n) is 18.9. The van der Waals surface area contributed by atoms with Gasteiger partial charge in [0.25, 0.3) is 0 Å². The summed E-state index contributed by atoms with van der Waals surface area (Å²) in [4.78, 5) is 25.9. The summed E-state index contributed by atoms with van der Waals surface area (Å²) in [6.45, 7) is 6.98. The number of piperidine rings is 1. The minimum atomic E-state index is -0.221. The normalized spacial score (nSPS) is 21.6. The summed E-state index contributed by atoms with van der Waals surface area (Å²) in [6.07, 6.45) is 4.75. The second-order valence-electron chi connectivity index (χ2n) is 8.69. The van der Waals surface area contributed by atoms with Gasteiger partial charge in [0, 0.05) is 50.4 Å². The monoisotopic (exact) mass is 434 g/mol. The van der Waals surface area contributed by atoms with Crippen LogP contribution in [0, 0.1) is 5.92 Å². The lowest BCUT2D eigenvalue weighted by atomic mass is 9.97. The molecule has 1 amide bonds. The summed E-state index contributed by atoms with van der Waals surface area (Å²) in [7, 11) is 0. The summed E-state index contributed by atoms with van der Waals surface area (Å²) >= 11 is 0. The first kappa shape index (κ1) is 22.1. The van der Waals surface area contributed by atoms with Crippen molar-refractivity contribution < 1.29 is 4.79 Å². The highest BCUT2D eigenvalue weighted by atomic mass is 16.1. The molecule has 0 bridgehead atoms. The Labute approximate surface area is 190 Å². The number of hydrogen-bond donors (Lipinski definition) is 2. The number of aliphatic imine (C=N–C) groups is 1. The molecule has 4 rings (SSSR count). The first-order valence-corrected chi connectivity index (χ1v) is 11.7. The second-order valence-corrected chi connectivity index (χ2v) is 8.69. The van der Waals surface area contributed by atoms with E-state index in [-0.39, 0.29) is 11.8 Å². The third-order valence-electron chi connectivity index (χ3n) is 6.48. The van der Waals surface area contributed by atoms with Gasteiger partial charge in [-0.15, -0.1) is 0 Å². The average molecular weight is 435 g/mol. The Kier molecular flexibility index (Phi) is 7.24. The van der Waals surface area contributed by atoms with E-state index in [1.807, 2.05) is 12.3 Å². The number of carbonyl (C=O) groups is 1. The summed E-state index contributed by atoms with van der Waals surface area (Å²) in [6, 6.07) is 14.8. The van der Waals surface area contributed by atoms with E-state index < -0.39 is 0 Å². The summed E-state index contributed by atoms with van der Waals surface area (Å²) < 4.78 is 0. The maximum atomic E-state index is 11.7. The largest absolute Gasteiger partial charge is 0.369 e. The average Bonchev–Trinajstić information content (AvgIpc) is 3.33. The molecule has 2 saturated heterocycles. The van der Waals surface area contributed by atoms with Crippen molar-refractivity contribution >= 4 is 17.7 Å². The summed E-state index contributed by atoms with van der Waals surface area (Å²) in [5.74, 6) is 2.07. The van der Waals surface area contributed by atoms with Crippen LogP contribution in [0.15, 0.2) is 53.7 Å². The van der Waals surface area contributed by atoms with Gasteiger partial charge in [0.05, 0.1) is 12.5 Å². The predicted molar refractivity (Wildman–Crippen MR) is 129 cm³/mol. The third-order valence-corrected chi connectivity index (χ3v) is 6.48. The number of aromatic nitrogens is 1. The fourth-order valence-electron chi connectivity index (χ4n) is 4.78. The van der Waals surface area contributed by atoms with Crippen LogP contribution in [-0.4, -0.2) is 54.5 Å². The van der Waals surface area contributed by atoms with E-state index in [1.165, 1.54) is 5.56 Å². The van der Waals surface area contributed by atoms with Gasteiger partial charge in [-0.2, -0.15) is 0 Å². The molecular weight excluding hydrogens is 400 g/mol. The highest BCUT2D eigenvalue weighted by molar-refractivity contribution is 5.80. The SMILES string of the molecule is CCNC(=NCc1cccnc1N1CCCC(C(N)=O)C1)N1CCC(c2ccccc2)C1. The maximum absolute atomic E-state index is 11.7. The van der Waals surface area contributed by atoms with Crippen molar-refractivity contribution in [2.24, 2.45) is 16.6 Å². The van der Waals surface area contributed by atoms with E-state index in [2.05, 4.69) is 63.4 Å². The molecule has 2 aromatic rings. The van der Waals surface area contributed by atoms with Crippen molar-refractivity contribution in [2.75, 3.05) is 37.6 Å². The highest BCUT2D eigenvalue weighted by Crippen LogP contribution is 2.28. The minimum Gasteiger partial charge on any atom is -0.369 e. The van der Waals surface area contributed by atoms with Crippen LogP contribution in [0.1, 0.15) is 43.2 Å². The van der Waals surface area contributed by atoms with Crippen LogP contribution in [0.4, 0.5) is 5.82 Å². The van der Waals surface area contributed by atoms with Crippen LogP contribution in [0.5, 0.6) is 0 Å². The van der Waals surface area contributed by atoms with E-state index >= 15 is 0 Å². The molecule has 2 aliphatic heterocycles. The Morgan fingerprint density at radius 3 is 2.78 bits per heavy atom. The van der Waals surface area contributed by atoms with E-state index in [4.69, 9.17) is 10.7 Å². The van der Waals surface area contributed by atoms with Gasteiger partial charge in [-0.25, -0.2) is 9.98 Å². The molecule has 2 atom stereocenters. The van der Waals surface area contributed by atoms with E-state index in [0.717, 1.165) is 62.8 Å². The Morgan fingerprint density at radius 2 is 2.00 bits per heavy atom. The van der Waals surface area contributed by atoms with E-state index in [0.29, 0.717) is 19.0 Å². The number of primary amides is 1. The number of hydrogen-bond acceptors (Lipinski definition) is 4. The standard InChI is InChI=1S/C25H34N6O/c1-2-27-25(31-15-12-21(17-31)19-8-4-3-5-9-19)29-16-20-10-6-13-28-24(20)30-14-7-11-22(18-30)23(26)32/h3-6,8-10,13,21-22H,2,7,11-12,14-18H2,1H3,(H2,26,32)(H,27,29). The number of nitrogens with zero attached hydrogens (tertiary/aromatic N) is 4. The molecule has 0 radical (unpaired) electrons. The van der Waals surface area contributed by atoms with Gasteiger partial charge in [0.1, 0.15) is 5.82 Å². The lowest BCUT2D eigenvalue weighted by molar-refractivity contribution is -0.122. The van der Waals surface area contributed by atoms with Crippen molar-refractivity contribution in [3.63, 3.8) is 0 Å². The first-order valence-electron chi connectivity index (χ1n) is 11.7. The number of pyridine rings is 1. The van der Waals surface area contributed by atoms with Gasteiger partial charge in [-0.3, -0.25) is 4.79 Å². The maximum Gasteiger partial charge on any atom is 0.222 e. The van der Waals surface area contributed by atoms with Gasteiger partial charge >= 0.3 is 0 Å². The molecule has 170 valence electrons. The molecule has 1 aromatic heterocycles. The summed E-state index contributed by atoms with van der Waals surface area (Å²) in [5, 5.41) is 3.47. The molecule has 0 aliphatic carbocycles. The van der Waals surface area contributed by atoms with Gasteiger partial charge in [0.15, 0.2) is 5.96 Å². The number of anilines is 1. The molecule has 2 unspecified atom stereocenters. The molecule has 0 saturated carbocycles. The van der Waals surface area contributed by atoms with Crippen molar-refractivity contribution in [1.29, 1.82) is 0 Å². The van der Waals surface area contributed by atoms with Gasteiger partial charge in [0.2, 0.25) is 5.91 Å². The van der Waals surface area contributed by atoms with Crippen LogP contribution in [0.25, 0.3) is 0 Å². The highest BCUT2D eigenvalue weighted by Gasteiger charge is 2.27. The fraction of sp³-hybridized carbons (Fsp3) is 0.480. The molecule has 2 fully saturated rings. The number of carbonyl (C=O) groups excluding carboxylic acids is 1. The van der Waals surface area contributed by atoms with Crippen LogP contribution in [0.3, 0.4) is 0 Å². The molecular formula is C25H34N6O. The number of nitrogens with one attached hydrogen (secondary N) is 1. The molecule has 3 N–H and O–H groups in total. The Morgan fingerprint density at radius 1 is 1.16 bits per heavy atom. The number of rotatable bonds is 6. The first-order chi connectivity index (χ1) is 15.7. The second kappa shape index (κ2) is 10.5. The predicted octanol–water partition coefficient (Wildman–Crippen LogP) is 2.74. The zero-order valence-corrected chi connectivity index (χ0v) is 18.9. The van der Waals surface area contributed by atoms with Gasteiger partial charge < -0.3 is 20.9 Å². The smallest absolute Gasteiger partial charge is 0.222 e. The number of benzene rings is 1. The van der Waals surface area contributed by atoms with E-state index in [9.17, 15) is 4.79 Å². The van der Waals surface area contributed by atoms with Crippen LogP contribution < -0.4 is 16.0 Å². The molecule has 3 heterocycles. The third kappa shape index (κ3) is 5.21. The lowest BCUT2D eigenvalue weighted by Gasteiger charge is -2.33. The van der Waals surface area contributed by atoms with Crippen molar-refractivity contribution in [2.45, 2.75) is 38.6 Å². The van der Waals surface area contributed by atoms with E-state index in [1.54, 1.807) is 0 Å². The van der Waals surface area contributed by atoms with Crippen molar-refractivity contribution in [3.05, 3.63) is 59.8 Å². The molecule has 1 aromatic carbocycles. The van der Waals surface area contributed by atoms with Crippen LogP contribution in [-0.2, 0) is 11.3 Å². The Hall–Kier alpha value is -3.09. The van der Waals surface area contributed by atoms with Crippen LogP contribution >= 0.6 is 0 Å². The van der Waals surface area contributed by atoms with Crippen molar-refractivity contribution in [3.8, 4) is 0 Å². The molecule has 0 spiro atoms. The number of guanidine groups is 1. The van der Waals surface area contributed by atoms with Crippen LogP contribution in [0.2, 0.25) is 0 Å².